The van der Waals surface area contributed by atoms with E-state index in [1.54, 1.807) is 0 Å². The van der Waals surface area contributed by atoms with Crippen molar-refractivity contribution in [2.75, 3.05) is 5.32 Å². The van der Waals surface area contributed by atoms with Crippen molar-refractivity contribution in [1.82, 2.24) is 0 Å². The maximum atomic E-state index is 4.45. The smallest absolute Gasteiger partial charge is 0.0763 e. The molecule has 3 nitrogen and oxygen atoms in total. The van der Waals surface area contributed by atoms with Gasteiger partial charge in [0.25, 0.3) is 0 Å². The van der Waals surface area contributed by atoms with Crippen LogP contribution in [0.2, 0.25) is 0 Å². The van der Waals surface area contributed by atoms with Gasteiger partial charge in [-0.25, -0.2) is 0 Å². The second-order valence-corrected chi connectivity index (χ2v) is 7.96. The lowest BCUT2D eigenvalue weighted by Gasteiger charge is -2.21. The van der Waals surface area contributed by atoms with Crippen LogP contribution < -0.4 is 5.32 Å². The van der Waals surface area contributed by atoms with Gasteiger partial charge in [-0.1, -0.05) is 92.1 Å². The molecule has 0 saturated heterocycles. The number of nitrogens with one attached hydrogen (secondary N) is 1. The molecule has 1 unspecified atom stereocenters. The first-order chi connectivity index (χ1) is 14.7. The summed E-state index contributed by atoms with van der Waals surface area (Å²) in [4.78, 5) is 0. The van der Waals surface area contributed by atoms with Gasteiger partial charge in [0.15, 0.2) is 0 Å². The van der Waals surface area contributed by atoms with Crippen molar-refractivity contribution in [3.63, 3.8) is 0 Å². The molecule has 0 aromatic heterocycles. The van der Waals surface area contributed by atoms with E-state index in [-0.39, 0.29) is 0 Å². The average Bonchev–Trinajstić information content (AvgIpc) is 3.29. The molecular weight excluding hydrogens is 366 g/mol. The first-order valence-electron chi connectivity index (χ1n) is 10.9. The topological polar surface area (TPSA) is 36.8 Å². The molecule has 0 radical (unpaired) electrons. The molecule has 0 aliphatic carbocycles. The second-order valence-electron chi connectivity index (χ2n) is 7.96. The zero-order chi connectivity index (χ0) is 20.8. The van der Waals surface area contributed by atoms with Gasteiger partial charge < -0.3 is 5.32 Å². The zero-order valence-electron chi connectivity index (χ0n) is 17.8. The summed E-state index contributed by atoms with van der Waals surface area (Å²) in [6.45, 7) is 4.37. The van der Waals surface area contributed by atoms with Crippen molar-refractivity contribution in [3.8, 4) is 0 Å². The van der Waals surface area contributed by atoms with Gasteiger partial charge in [-0.2, -0.15) is 10.2 Å². The van der Waals surface area contributed by atoms with E-state index < -0.39 is 0 Å². The quantitative estimate of drug-likeness (QED) is 0.441. The molecule has 0 bridgehead atoms. The molecule has 1 heterocycles. The van der Waals surface area contributed by atoms with E-state index in [0.29, 0.717) is 6.04 Å². The lowest BCUT2D eigenvalue weighted by Crippen LogP contribution is -2.11. The standard InChI is InChI=1S/C27H29N3/c1-3-4-10-25(28-24-17-11-20(2)12-18-24)22-13-15-23(16-14-22)27-19-26(29-30-27)21-8-6-5-7-9-21/h5-9,11-18,25,28H,3-4,10,19H2,1-2H3. The summed E-state index contributed by atoms with van der Waals surface area (Å²) in [6, 6.07) is 28.1. The molecule has 4 rings (SSSR count). The lowest BCUT2D eigenvalue weighted by molar-refractivity contribution is 0.634. The van der Waals surface area contributed by atoms with E-state index in [4.69, 9.17) is 0 Å². The second kappa shape index (κ2) is 9.53. The number of hydrogen-bond donors (Lipinski definition) is 1. The molecule has 152 valence electrons. The van der Waals surface area contributed by atoms with Gasteiger partial charge in [0.2, 0.25) is 0 Å². The van der Waals surface area contributed by atoms with Crippen molar-refractivity contribution in [1.29, 1.82) is 0 Å². The van der Waals surface area contributed by atoms with E-state index in [1.165, 1.54) is 29.7 Å². The minimum absolute atomic E-state index is 0.309. The zero-order valence-corrected chi connectivity index (χ0v) is 17.8. The minimum Gasteiger partial charge on any atom is -0.378 e. The van der Waals surface area contributed by atoms with Gasteiger partial charge in [0, 0.05) is 12.1 Å². The van der Waals surface area contributed by atoms with Crippen molar-refractivity contribution < 1.29 is 0 Å². The van der Waals surface area contributed by atoms with Gasteiger partial charge in [0.1, 0.15) is 0 Å². The fourth-order valence-corrected chi connectivity index (χ4v) is 3.79. The summed E-state index contributed by atoms with van der Waals surface area (Å²) >= 11 is 0. The number of unbranched alkanes of at least 4 members (excludes halogenated alkanes) is 1. The molecule has 0 fully saturated rings. The van der Waals surface area contributed by atoms with E-state index in [2.05, 4.69) is 90.0 Å². The largest absolute Gasteiger partial charge is 0.378 e. The van der Waals surface area contributed by atoms with Crippen LogP contribution in [0.4, 0.5) is 5.69 Å². The molecule has 30 heavy (non-hydrogen) atoms. The Morgan fingerprint density at radius 1 is 0.800 bits per heavy atom. The highest BCUT2D eigenvalue weighted by Gasteiger charge is 2.17. The number of nitrogens with zero attached hydrogens (tertiary/aromatic N) is 2. The summed E-state index contributed by atoms with van der Waals surface area (Å²) in [5.74, 6) is 0. The average molecular weight is 396 g/mol. The van der Waals surface area contributed by atoms with Crippen molar-refractivity contribution >= 4 is 17.1 Å². The molecule has 3 aromatic carbocycles. The van der Waals surface area contributed by atoms with E-state index in [1.807, 2.05) is 18.2 Å². The van der Waals surface area contributed by atoms with Gasteiger partial charge in [-0.3, -0.25) is 0 Å². The molecule has 1 atom stereocenters. The first kappa shape index (κ1) is 20.1. The Labute approximate surface area is 179 Å². The summed E-state index contributed by atoms with van der Waals surface area (Å²) < 4.78 is 0. The SMILES string of the molecule is CCCCC(Nc1ccc(C)cc1)c1ccc(C2=NN=C(c3ccccc3)C2)cc1. The minimum atomic E-state index is 0.309. The van der Waals surface area contributed by atoms with Crippen LogP contribution in [0.1, 0.15) is 60.9 Å². The highest BCUT2D eigenvalue weighted by Crippen LogP contribution is 2.26. The van der Waals surface area contributed by atoms with Crippen LogP contribution in [0.3, 0.4) is 0 Å². The van der Waals surface area contributed by atoms with Crippen LogP contribution in [0.15, 0.2) is 89.1 Å². The summed E-state index contributed by atoms with van der Waals surface area (Å²) in [5.41, 5.74) is 8.15. The monoisotopic (exact) mass is 395 g/mol. The van der Waals surface area contributed by atoms with E-state index in [0.717, 1.165) is 35.4 Å². The highest BCUT2D eigenvalue weighted by molar-refractivity contribution is 6.20. The van der Waals surface area contributed by atoms with E-state index >= 15 is 0 Å². The Balaban J connectivity index is 1.46. The van der Waals surface area contributed by atoms with Crippen molar-refractivity contribution in [2.45, 2.75) is 45.6 Å². The fraction of sp³-hybridized carbons (Fsp3) is 0.259. The lowest BCUT2D eigenvalue weighted by atomic mass is 9.96. The summed E-state index contributed by atoms with van der Waals surface area (Å²) in [7, 11) is 0. The Morgan fingerprint density at radius 2 is 1.43 bits per heavy atom. The highest BCUT2D eigenvalue weighted by atomic mass is 15.2. The normalized spacial score (nSPS) is 14.2. The van der Waals surface area contributed by atoms with Gasteiger partial charge >= 0.3 is 0 Å². The maximum absolute atomic E-state index is 4.45. The van der Waals surface area contributed by atoms with Crippen LogP contribution in [0, 0.1) is 6.92 Å². The molecule has 1 aliphatic rings. The Morgan fingerprint density at radius 3 is 2.07 bits per heavy atom. The Kier molecular flexibility index (Phi) is 6.38. The van der Waals surface area contributed by atoms with Crippen LogP contribution in [-0.2, 0) is 0 Å². The number of rotatable bonds is 8. The van der Waals surface area contributed by atoms with Crippen LogP contribution in [-0.4, -0.2) is 11.4 Å². The number of benzene rings is 3. The number of hydrogen-bond acceptors (Lipinski definition) is 3. The number of anilines is 1. The number of aryl methyl sites for hydroxylation is 1. The van der Waals surface area contributed by atoms with Gasteiger partial charge in [-0.15, -0.1) is 0 Å². The molecule has 1 aliphatic heterocycles. The van der Waals surface area contributed by atoms with E-state index in [9.17, 15) is 0 Å². The molecule has 0 amide bonds. The predicted molar refractivity (Wildman–Crippen MR) is 128 cm³/mol. The molecule has 3 aromatic rings. The van der Waals surface area contributed by atoms with Crippen LogP contribution in [0.5, 0.6) is 0 Å². The van der Waals surface area contributed by atoms with Crippen LogP contribution >= 0.6 is 0 Å². The maximum Gasteiger partial charge on any atom is 0.0763 e. The molecule has 0 saturated carbocycles. The van der Waals surface area contributed by atoms with Crippen molar-refractivity contribution in [3.05, 3.63) is 101 Å². The third-order valence-electron chi connectivity index (χ3n) is 5.62. The third-order valence-corrected chi connectivity index (χ3v) is 5.62. The Hall–Kier alpha value is -3.20. The fourth-order valence-electron chi connectivity index (χ4n) is 3.79. The van der Waals surface area contributed by atoms with Crippen LogP contribution in [0.25, 0.3) is 0 Å². The molecule has 1 N–H and O–H groups in total. The Bertz CT molecular complexity index is 1020. The first-order valence-corrected chi connectivity index (χ1v) is 10.9. The third kappa shape index (κ3) is 4.85. The molecular formula is C27H29N3. The molecule has 3 heteroatoms. The predicted octanol–water partition coefficient (Wildman–Crippen LogP) is 6.94. The molecule has 0 spiro atoms. The van der Waals surface area contributed by atoms with Gasteiger partial charge in [0.05, 0.1) is 17.5 Å². The van der Waals surface area contributed by atoms with Gasteiger partial charge in [-0.05, 0) is 42.2 Å². The summed E-state index contributed by atoms with van der Waals surface area (Å²) in [5, 5.41) is 12.6. The van der Waals surface area contributed by atoms with Crippen molar-refractivity contribution in [2.24, 2.45) is 10.2 Å². The summed E-state index contributed by atoms with van der Waals surface area (Å²) in [6.07, 6.45) is 4.29.